The standard InChI is InChI=1S/C30H32N6O3S/c1-22-9-11-24(12-10-22)29-31-32-30(35(29)27-7-4-3-6-23(27)2)40-21-5-8-28(37)34-19-17-33(18-20-34)25-13-15-26(16-14-25)36(38)39/h3-4,6-7,9-16H,5,8,17-21H2,1-2H3. The van der Waals surface area contributed by atoms with Crippen LogP contribution in [0.3, 0.4) is 0 Å². The first kappa shape index (κ1) is 27.4. The summed E-state index contributed by atoms with van der Waals surface area (Å²) >= 11 is 1.62. The SMILES string of the molecule is Cc1ccc(-c2nnc(SCCCC(=O)N3CCN(c4ccc([N+](=O)[O-])cc4)CC3)n2-c2ccccc2C)cc1. The highest BCUT2D eigenvalue weighted by Crippen LogP contribution is 2.30. The first-order chi connectivity index (χ1) is 19.4. The summed E-state index contributed by atoms with van der Waals surface area (Å²) in [6, 6.07) is 23.1. The molecule has 1 aromatic heterocycles. The number of aryl methyl sites for hydroxylation is 2. The van der Waals surface area contributed by atoms with Crippen LogP contribution in [0.5, 0.6) is 0 Å². The van der Waals surface area contributed by atoms with Gasteiger partial charge in [0.05, 0.1) is 10.6 Å². The van der Waals surface area contributed by atoms with Crippen molar-refractivity contribution in [3.8, 4) is 17.1 Å². The number of non-ortho nitro benzene ring substituents is 1. The van der Waals surface area contributed by atoms with Gasteiger partial charge in [0.15, 0.2) is 11.0 Å². The Morgan fingerprint density at radius 3 is 2.30 bits per heavy atom. The molecule has 206 valence electrons. The van der Waals surface area contributed by atoms with Crippen LogP contribution < -0.4 is 4.90 Å². The summed E-state index contributed by atoms with van der Waals surface area (Å²) in [7, 11) is 0. The van der Waals surface area contributed by atoms with Crippen molar-refractivity contribution in [2.24, 2.45) is 0 Å². The van der Waals surface area contributed by atoms with Crippen molar-refractivity contribution in [1.29, 1.82) is 0 Å². The Kier molecular flexibility index (Phi) is 8.45. The number of hydrogen-bond acceptors (Lipinski definition) is 7. The van der Waals surface area contributed by atoms with Crippen molar-refractivity contribution in [3.05, 3.63) is 94.0 Å². The smallest absolute Gasteiger partial charge is 0.269 e. The van der Waals surface area contributed by atoms with Gasteiger partial charge in [-0.05, 0) is 44.0 Å². The molecule has 1 aliphatic rings. The Morgan fingerprint density at radius 1 is 0.925 bits per heavy atom. The van der Waals surface area contributed by atoms with Crippen molar-refractivity contribution in [2.45, 2.75) is 31.8 Å². The number of para-hydroxylation sites is 1. The number of carbonyl (C=O) groups excluding carboxylic acids is 1. The zero-order valence-corrected chi connectivity index (χ0v) is 23.5. The average molecular weight is 557 g/mol. The number of nitrogens with zero attached hydrogens (tertiary/aromatic N) is 6. The van der Waals surface area contributed by atoms with Gasteiger partial charge in [0, 0.05) is 61.7 Å². The highest BCUT2D eigenvalue weighted by atomic mass is 32.2. The average Bonchev–Trinajstić information content (AvgIpc) is 3.39. The minimum Gasteiger partial charge on any atom is -0.368 e. The number of nitro groups is 1. The van der Waals surface area contributed by atoms with Gasteiger partial charge in [-0.1, -0.05) is 59.8 Å². The number of aromatic nitrogens is 3. The summed E-state index contributed by atoms with van der Waals surface area (Å²) in [5, 5.41) is 20.8. The Labute approximate surface area is 238 Å². The highest BCUT2D eigenvalue weighted by Gasteiger charge is 2.22. The van der Waals surface area contributed by atoms with E-state index in [0.717, 1.165) is 45.7 Å². The molecule has 0 radical (unpaired) electrons. The molecule has 0 unspecified atom stereocenters. The molecule has 2 heterocycles. The Morgan fingerprint density at radius 2 is 1.62 bits per heavy atom. The Bertz CT molecular complexity index is 1480. The highest BCUT2D eigenvalue weighted by molar-refractivity contribution is 7.99. The van der Waals surface area contributed by atoms with Gasteiger partial charge in [-0.15, -0.1) is 10.2 Å². The summed E-state index contributed by atoms with van der Waals surface area (Å²) < 4.78 is 2.11. The lowest BCUT2D eigenvalue weighted by atomic mass is 10.1. The van der Waals surface area contributed by atoms with Gasteiger partial charge in [-0.3, -0.25) is 19.5 Å². The minimum atomic E-state index is -0.395. The number of anilines is 1. The molecule has 0 saturated carbocycles. The van der Waals surface area contributed by atoms with Crippen LogP contribution >= 0.6 is 11.8 Å². The number of thioether (sulfide) groups is 1. The second kappa shape index (κ2) is 12.3. The van der Waals surface area contributed by atoms with E-state index in [2.05, 4.69) is 69.9 Å². The summed E-state index contributed by atoms with van der Waals surface area (Å²) in [5.41, 5.74) is 5.41. The second-order valence-corrected chi connectivity index (χ2v) is 10.9. The number of nitro benzene ring substituents is 1. The summed E-state index contributed by atoms with van der Waals surface area (Å²) in [6.45, 7) is 6.86. The number of hydrogen-bond donors (Lipinski definition) is 0. The molecule has 3 aromatic carbocycles. The third-order valence-electron chi connectivity index (χ3n) is 7.12. The number of piperazine rings is 1. The van der Waals surface area contributed by atoms with Gasteiger partial charge in [0.1, 0.15) is 0 Å². The van der Waals surface area contributed by atoms with Crippen LogP contribution in [0.25, 0.3) is 17.1 Å². The molecule has 1 saturated heterocycles. The van der Waals surface area contributed by atoms with Gasteiger partial charge < -0.3 is 9.80 Å². The predicted molar refractivity (Wildman–Crippen MR) is 158 cm³/mol. The second-order valence-electron chi connectivity index (χ2n) is 9.89. The van der Waals surface area contributed by atoms with Crippen LogP contribution in [0.1, 0.15) is 24.0 Å². The zero-order valence-electron chi connectivity index (χ0n) is 22.7. The molecule has 1 fully saturated rings. The van der Waals surface area contributed by atoms with Crippen LogP contribution in [0.4, 0.5) is 11.4 Å². The van der Waals surface area contributed by atoms with Gasteiger partial charge in [0.25, 0.3) is 5.69 Å². The van der Waals surface area contributed by atoms with Crippen LogP contribution in [0, 0.1) is 24.0 Å². The molecule has 1 aliphatic heterocycles. The monoisotopic (exact) mass is 556 g/mol. The van der Waals surface area contributed by atoms with E-state index in [-0.39, 0.29) is 11.6 Å². The maximum absolute atomic E-state index is 12.9. The van der Waals surface area contributed by atoms with Crippen molar-refractivity contribution < 1.29 is 9.72 Å². The zero-order chi connectivity index (χ0) is 28.1. The van der Waals surface area contributed by atoms with E-state index in [1.54, 1.807) is 23.9 Å². The molecular formula is C30H32N6O3S. The van der Waals surface area contributed by atoms with E-state index in [1.165, 1.54) is 17.7 Å². The summed E-state index contributed by atoms with van der Waals surface area (Å²) in [4.78, 5) is 27.5. The van der Waals surface area contributed by atoms with Crippen LogP contribution in [0.15, 0.2) is 78.0 Å². The lowest BCUT2D eigenvalue weighted by Crippen LogP contribution is -2.48. The number of amides is 1. The normalized spacial score (nSPS) is 13.4. The molecule has 4 aromatic rings. The molecule has 1 amide bonds. The maximum Gasteiger partial charge on any atom is 0.269 e. The topological polar surface area (TPSA) is 97.4 Å². The lowest BCUT2D eigenvalue weighted by Gasteiger charge is -2.36. The van der Waals surface area contributed by atoms with Crippen molar-refractivity contribution in [3.63, 3.8) is 0 Å². The number of rotatable bonds is 9. The molecule has 10 heteroatoms. The molecule has 5 rings (SSSR count). The minimum absolute atomic E-state index is 0.0824. The van der Waals surface area contributed by atoms with Crippen LogP contribution in [-0.2, 0) is 4.79 Å². The summed E-state index contributed by atoms with van der Waals surface area (Å²) in [5.74, 6) is 1.72. The van der Waals surface area contributed by atoms with Crippen LogP contribution in [0.2, 0.25) is 0 Å². The third kappa shape index (κ3) is 6.17. The molecule has 9 nitrogen and oxygen atoms in total. The van der Waals surface area contributed by atoms with E-state index >= 15 is 0 Å². The van der Waals surface area contributed by atoms with E-state index < -0.39 is 4.92 Å². The van der Waals surface area contributed by atoms with Gasteiger partial charge in [-0.2, -0.15) is 0 Å². The third-order valence-corrected chi connectivity index (χ3v) is 8.14. The Balaban J connectivity index is 1.17. The van der Waals surface area contributed by atoms with E-state index in [4.69, 9.17) is 0 Å². The fourth-order valence-corrected chi connectivity index (χ4v) is 5.71. The molecule has 40 heavy (non-hydrogen) atoms. The van der Waals surface area contributed by atoms with Crippen molar-refractivity contribution in [2.75, 3.05) is 36.8 Å². The first-order valence-electron chi connectivity index (χ1n) is 13.4. The largest absolute Gasteiger partial charge is 0.368 e. The van der Waals surface area contributed by atoms with Gasteiger partial charge >= 0.3 is 0 Å². The molecule has 0 atom stereocenters. The van der Waals surface area contributed by atoms with E-state index in [0.29, 0.717) is 32.6 Å². The lowest BCUT2D eigenvalue weighted by molar-refractivity contribution is -0.384. The number of benzene rings is 3. The molecule has 0 bridgehead atoms. The maximum atomic E-state index is 12.9. The molecular weight excluding hydrogens is 524 g/mol. The fourth-order valence-electron chi connectivity index (χ4n) is 4.83. The van der Waals surface area contributed by atoms with Crippen LogP contribution in [-0.4, -0.2) is 62.4 Å². The summed E-state index contributed by atoms with van der Waals surface area (Å²) in [6.07, 6.45) is 1.22. The van der Waals surface area contributed by atoms with E-state index in [9.17, 15) is 14.9 Å². The molecule has 0 aliphatic carbocycles. The molecule has 0 N–H and O–H groups in total. The van der Waals surface area contributed by atoms with Gasteiger partial charge in [-0.25, -0.2) is 0 Å². The fraction of sp³-hybridized carbons (Fsp3) is 0.300. The quantitative estimate of drug-likeness (QED) is 0.113. The Hall–Kier alpha value is -4.18. The van der Waals surface area contributed by atoms with E-state index in [1.807, 2.05) is 17.0 Å². The van der Waals surface area contributed by atoms with Crippen molar-refractivity contribution >= 4 is 29.0 Å². The van der Waals surface area contributed by atoms with Gasteiger partial charge in [0.2, 0.25) is 5.91 Å². The molecule has 0 spiro atoms. The first-order valence-corrected chi connectivity index (χ1v) is 14.4. The predicted octanol–water partition coefficient (Wildman–Crippen LogP) is 5.68. The van der Waals surface area contributed by atoms with Crippen molar-refractivity contribution in [1.82, 2.24) is 19.7 Å². The number of carbonyl (C=O) groups is 1.